The first-order chi connectivity index (χ1) is 5.61. The lowest BCUT2D eigenvalue weighted by atomic mass is 10.4. The molecular weight excluding hydrogens is 195 g/mol. The molecule has 0 aliphatic heterocycles. The van der Waals surface area contributed by atoms with Crippen molar-refractivity contribution in [3.05, 3.63) is 18.1 Å². The van der Waals surface area contributed by atoms with Crippen LogP contribution >= 0.6 is 12.4 Å². The molecule has 0 unspecified atom stereocenters. The number of aromatic nitrogens is 1. The highest BCUT2D eigenvalue weighted by Crippen LogP contribution is 2.20. The van der Waals surface area contributed by atoms with Crippen LogP contribution < -0.4 is 10.5 Å². The Balaban J connectivity index is 0.00000144. The van der Waals surface area contributed by atoms with Crippen molar-refractivity contribution in [3.63, 3.8) is 0 Å². The zero-order valence-electron chi connectivity index (χ0n) is 7.45. The minimum Gasteiger partial charge on any atom is -0.488 e. The minimum atomic E-state index is -0.591. The van der Waals surface area contributed by atoms with Crippen molar-refractivity contribution in [1.82, 2.24) is 4.98 Å². The van der Waals surface area contributed by atoms with Crippen LogP contribution in [0, 0.1) is 5.82 Å². The number of pyridine rings is 1. The number of halogens is 2. The summed E-state index contributed by atoms with van der Waals surface area (Å²) < 4.78 is 18.2. The van der Waals surface area contributed by atoms with E-state index in [1.54, 1.807) is 0 Å². The van der Waals surface area contributed by atoms with E-state index in [-0.39, 0.29) is 30.1 Å². The van der Waals surface area contributed by atoms with Gasteiger partial charge in [0, 0.05) is 12.3 Å². The molecule has 0 fully saturated rings. The van der Waals surface area contributed by atoms with Crippen LogP contribution in [0.1, 0.15) is 13.8 Å². The van der Waals surface area contributed by atoms with Crippen molar-refractivity contribution < 1.29 is 9.13 Å². The number of nitrogens with zero attached hydrogens (tertiary/aromatic N) is 1. The van der Waals surface area contributed by atoms with Gasteiger partial charge >= 0.3 is 0 Å². The van der Waals surface area contributed by atoms with Gasteiger partial charge in [0.05, 0.1) is 6.10 Å². The molecule has 1 aromatic rings. The molecule has 5 heteroatoms. The number of nitrogen functional groups attached to an aromatic ring is 1. The maximum absolute atomic E-state index is 13.0. The van der Waals surface area contributed by atoms with Gasteiger partial charge in [-0.1, -0.05) is 0 Å². The van der Waals surface area contributed by atoms with E-state index in [9.17, 15) is 4.39 Å². The topological polar surface area (TPSA) is 48.1 Å². The zero-order valence-corrected chi connectivity index (χ0v) is 8.27. The van der Waals surface area contributed by atoms with Crippen LogP contribution in [0.2, 0.25) is 0 Å². The Labute approximate surface area is 82.5 Å². The van der Waals surface area contributed by atoms with Gasteiger partial charge in [-0.25, -0.2) is 4.98 Å². The third-order valence-corrected chi connectivity index (χ3v) is 1.24. The fourth-order valence-electron chi connectivity index (χ4n) is 0.786. The number of nitrogens with two attached hydrogens (primary N) is 1. The Kier molecular flexibility index (Phi) is 4.48. The fraction of sp³-hybridized carbons (Fsp3) is 0.375. The van der Waals surface area contributed by atoms with Crippen LogP contribution in [0.4, 0.5) is 10.2 Å². The van der Waals surface area contributed by atoms with E-state index < -0.39 is 5.82 Å². The number of rotatable bonds is 2. The van der Waals surface area contributed by atoms with Crippen molar-refractivity contribution in [2.24, 2.45) is 0 Å². The summed E-state index contributed by atoms with van der Waals surface area (Å²) in [6.07, 6.45) is 1.34. The Morgan fingerprint density at radius 3 is 2.69 bits per heavy atom. The number of hydrogen-bond acceptors (Lipinski definition) is 3. The summed E-state index contributed by atoms with van der Waals surface area (Å²) in [6.45, 7) is 3.63. The first-order valence-corrected chi connectivity index (χ1v) is 3.68. The summed E-state index contributed by atoms with van der Waals surface area (Å²) in [7, 11) is 0. The van der Waals surface area contributed by atoms with E-state index in [0.29, 0.717) is 0 Å². The Hall–Kier alpha value is -1.03. The van der Waals surface area contributed by atoms with Crippen molar-refractivity contribution in [1.29, 1.82) is 0 Å². The number of anilines is 1. The van der Waals surface area contributed by atoms with Gasteiger partial charge in [0.25, 0.3) is 0 Å². The normalized spacial score (nSPS) is 9.54. The molecule has 0 aromatic carbocycles. The summed E-state index contributed by atoms with van der Waals surface area (Å²) >= 11 is 0. The molecule has 3 nitrogen and oxygen atoms in total. The second-order valence-corrected chi connectivity index (χ2v) is 2.67. The summed E-state index contributed by atoms with van der Waals surface area (Å²) in [5.74, 6) is -0.572. The molecule has 74 valence electrons. The highest BCUT2D eigenvalue weighted by Gasteiger charge is 2.08. The highest BCUT2D eigenvalue weighted by molar-refractivity contribution is 5.85. The molecule has 1 rings (SSSR count). The van der Waals surface area contributed by atoms with E-state index in [1.807, 2.05) is 13.8 Å². The maximum Gasteiger partial charge on any atom is 0.206 e. The average Bonchev–Trinajstić information content (AvgIpc) is 1.98. The van der Waals surface area contributed by atoms with Crippen LogP contribution in [0.5, 0.6) is 5.75 Å². The molecule has 0 bridgehead atoms. The molecule has 0 saturated carbocycles. The van der Waals surface area contributed by atoms with Gasteiger partial charge in [-0.05, 0) is 13.8 Å². The standard InChI is InChI=1S/C8H11FN2O.ClH/c1-5(2)12-6-3-4-11-8(10)7(6)9;/h3-5H,1-2H3,(H2,10,11);1H. The maximum atomic E-state index is 13.0. The lowest BCUT2D eigenvalue weighted by Crippen LogP contribution is -2.08. The van der Waals surface area contributed by atoms with E-state index in [0.717, 1.165) is 0 Å². The van der Waals surface area contributed by atoms with Crippen LogP contribution in [0.15, 0.2) is 12.3 Å². The molecule has 0 spiro atoms. The van der Waals surface area contributed by atoms with Gasteiger partial charge in [-0.15, -0.1) is 12.4 Å². The second-order valence-electron chi connectivity index (χ2n) is 2.67. The van der Waals surface area contributed by atoms with Gasteiger partial charge in [0.15, 0.2) is 11.6 Å². The SMILES string of the molecule is CC(C)Oc1ccnc(N)c1F.Cl. The Morgan fingerprint density at radius 1 is 1.54 bits per heavy atom. The Morgan fingerprint density at radius 2 is 2.15 bits per heavy atom. The predicted molar refractivity (Wildman–Crippen MR) is 51.6 cm³/mol. The number of ether oxygens (including phenoxy) is 1. The van der Waals surface area contributed by atoms with Crippen molar-refractivity contribution in [2.75, 3.05) is 5.73 Å². The lowest BCUT2D eigenvalue weighted by Gasteiger charge is -2.10. The van der Waals surface area contributed by atoms with Gasteiger partial charge < -0.3 is 10.5 Å². The average molecular weight is 207 g/mol. The summed E-state index contributed by atoms with van der Waals surface area (Å²) in [6, 6.07) is 1.45. The fourth-order valence-corrected chi connectivity index (χ4v) is 0.786. The van der Waals surface area contributed by atoms with Gasteiger partial charge in [-0.3, -0.25) is 0 Å². The van der Waals surface area contributed by atoms with Crippen molar-refractivity contribution in [3.8, 4) is 5.75 Å². The minimum absolute atomic E-state index is 0. The van der Waals surface area contributed by atoms with Crippen LogP contribution in [-0.4, -0.2) is 11.1 Å². The molecule has 2 N–H and O–H groups in total. The van der Waals surface area contributed by atoms with Crippen molar-refractivity contribution in [2.45, 2.75) is 20.0 Å². The first-order valence-electron chi connectivity index (χ1n) is 3.68. The smallest absolute Gasteiger partial charge is 0.206 e. The molecule has 13 heavy (non-hydrogen) atoms. The third kappa shape index (κ3) is 3.06. The monoisotopic (exact) mass is 206 g/mol. The first kappa shape index (κ1) is 12.0. The van der Waals surface area contributed by atoms with Crippen LogP contribution in [0.25, 0.3) is 0 Å². The summed E-state index contributed by atoms with van der Waals surface area (Å²) in [5, 5.41) is 0. The van der Waals surface area contributed by atoms with E-state index in [1.165, 1.54) is 12.3 Å². The highest BCUT2D eigenvalue weighted by atomic mass is 35.5. The van der Waals surface area contributed by atoms with E-state index >= 15 is 0 Å². The molecule has 0 aliphatic carbocycles. The molecule has 0 saturated heterocycles. The second kappa shape index (κ2) is 4.87. The molecule has 0 aliphatic rings. The van der Waals surface area contributed by atoms with Gasteiger partial charge in [0.1, 0.15) is 0 Å². The zero-order chi connectivity index (χ0) is 9.14. The molecule has 0 atom stereocenters. The third-order valence-electron chi connectivity index (χ3n) is 1.24. The molecule has 0 radical (unpaired) electrons. The summed E-state index contributed by atoms with van der Waals surface area (Å²) in [5.41, 5.74) is 5.23. The largest absolute Gasteiger partial charge is 0.488 e. The van der Waals surface area contributed by atoms with Crippen LogP contribution in [-0.2, 0) is 0 Å². The predicted octanol–water partition coefficient (Wildman–Crippen LogP) is 2.01. The van der Waals surface area contributed by atoms with E-state index in [2.05, 4.69) is 4.98 Å². The summed E-state index contributed by atoms with van der Waals surface area (Å²) in [4.78, 5) is 3.57. The number of hydrogen-bond donors (Lipinski definition) is 1. The van der Waals surface area contributed by atoms with Gasteiger partial charge in [0.2, 0.25) is 5.82 Å². The van der Waals surface area contributed by atoms with Crippen LogP contribution in [0.3, 0.4) is 0 Å². The van der Waals surface area contributed by atoms with Gasteiger partial charge in [-0.2, -0.15) is 4.39 Å². The molecule has 1 aromatic heterocycles. The molecule has 1 heterocycles. The Bertz CT molecular complexity index is 281. The quantitative estimate of drug-likeness (QED) is 0.806. The lowest BCUT2D eigenvalue weighted by molar-refractivity contribution is 0.231. The molecule has 0 amide bonds. The van der Waals surface area contributed by atoms with E-state index in [4.69, 9.17) is 10.5 Å². The van der Waals surface area contributed by atoms with Crippen molar-refractivity contribution >= 4 is 18.2 Å². The molecular formula is C8H12ClFN2O.